The van der Waals surface area contributed by atoms with E-state index in [2.05, 4.69) is 9.72 Å². The zero-order valence-electron chi connectivity index (χ0n) is 11.9. The van der Waals surface area contributed by atoms with E-state index >= 15 is 0 Å². The Bertz CT molecular complexity index is 826. The first kappa shape index (κ1) is 13.9. The number of hydrogen-bond acceptors (Lipinski definition) is 5. The van der Waals surface area contributed by atoms with E-state index in [9.17, 15) is 9.90 Å². The lowest BCUT2D eigenvalue weighted by Gasteiger charge is -2.05. The highest BCUT2D eigenvalue weighted by atomic mass is 16.5. The number of para-hydroxylation sites is 2. The third kappa shape index (κ3) is 2.71. The third-order valence-corrected chi connectivity index (χ3v) is 3.16. The maximum atomic E-state index is 11.5. The van der Waals surface area contributed by atoms with E-state index in [1.165, 1.54) is 7.11 Å². The number of carbonyl (C=O) groups is 1. The molecule has 0 aliphatic rings. The summed E-state index contributed by atoms with van der Waals surface area (Å²) >= 11 is 0. The number of aromatic nitrogens is 2. The summed E-state index contributed by atoms with van der Waals surface area (Å²) in [5.74, 6) is 0.0802. The molecule has 0 saturated carbocycles. The second kappa shape index (κ2) is 5.77. The number of ether oxygens (including phenoxy) is 2. The van der Waals surface area contributed by atoms with Gasteiger partial charge in [-0.1, -0.05) is 12.1 Å². The Balaban J connectivity index is 1.80. The van der Waals surface area contributed by atoms with Crippen LogP contribution in [-0.2, 0) is 11.3 Å². The number of phenols is 1. The van der Waals surface area contributed by atoms with E-state index in [1.807, 2.05) is 0 Å². The molecule has 0 unspecified atom stereocenters. The van der Waals surface area contributed by atoms with Crippen molar-refractivity contribution in [3.63, 3.8) is 0 Å². The fourth-order valence-corrected chi connectivity index (χ4v) is 2.08. The second-order valence-electron chi connectivity index (χ2n) is 4.66. The lowest BCUT2D eigenvalue weighted by Crippen LogP contribution is -2.02. The predicted molar refractivity (Wildman–Crippen MR) is 79.0 cm³/mol. The summed E-state index contributed by atoms with van der Waals surface area (Å²) in [6.45, 7) is 0.215. The van der Waals surface area contributed by atoms with Crippen molar-refractivity contribution in [1.29, 1.82) is 0 Å². The minimum absolute atomic E-state index is 0.0826. The summed E-state index contributed by atoms with van der Waals surface area (Å²) in [5, 5.41) is 9.65. The van der Waals surface area contributed by atoms with E-state index in [0.717, 1.165) is 0 Å². The Labute approximate surface area is 126 Å². The van der Waals surface area contributed by atoms with Crippen LogP contribution in [0.5, 0.6) is 11.5 Å². The first-order chi connectivity index (χ1) is 10.7. The van der Waals surface area contributed by atoms with Gasteiger partial charge in [0.1, 0.15) is 12.3 Å². The number of pyridine rings is 1. The van der Waals surface area contributed by atoms with Crippen molar-refractivity contribution in [3.05, 3.63) is 60.0 Å². The first-order valence-corrected chi connectivity index (χ1v) is 6.64. The Morgan fingerprint density at radius 1 is 1.23 bits per heavy atom. The number of carbonyl (C=O) groups excluding carboxylic acids is 1. The normalized spacial score (nSPS) is 10.6. The lowest BCUT2D eigenvalue weighted by molar-refractivity contribution is 0.0600. The Kier molecular flexibility index (Phi) is 3.65. The van der Waals surface area contributed by atoms with E-state index in [4.69, 9.17) is 4.74 Å². The van der Waals surface area contributed by atoms with Gasteiger partial charge in [-0.05, 0) is 24.3 Å². The van der Waals surface area contributed by atoms with Crippen molar-refractivity contribution in [3.8, 4) is 11.5 Å². The summed E-state index contributed by atoms with van der Waals surface area (Å²) in [6, 6.07) is 10.1. The van der Waals surface area contributed by atoms with Crippen LogP contribution in [0.1, 0.15) is 16.1 Å². The molecule has 6 nitrogen and oxygen atoms in total. The summed E-state index contributed by atoms with van der Waals surface area (Å²) in [6.07, 6.45) is 3.42. The minimum Gasteiger partial charge on any atom is -0.504 e. The van der Waals surface area contributed by atoms with E-state index in [0.29, 0.717) is 22.7 Å². The van der Waals surface area contributed by atoms with Crippen LogP contribution in [0.25, 0.3) is 5.65 Å². The largest absolute Gasteiger partial charge is 0.504 e. The zero-order valence-corrected chi connectivity index (χ0v) is 11.9. The molecule has 1 N–H and O–H groups in total. The molecule has 0 aliphatic carbocycles. The highest BCUT2D eigenvalue weighted by Crippen LogP contribution is 2.25. The summed E-state index contributed by atoms with van der Waals surface area (Å²) in [4.78, 5) is 15.9. The monoisotopic (exact) mass is 298 g/mol. The van der Waals surface area contributed by atoms with Gasteiger partial charge < -0.3 is 19.0 Å². The number of methoxy groups -OCH3 is 1. The Morgan fingerprint density at radius 2 is 2.05 bits per heavy atom. The molecule has 2 aromatic heterocycles. The van der Waals surface area contributed by atoms with Crippen LogP contribution in [-0.4, -0.2) is 27.6 Å². The zero-order chi connectivity index (χ0) is 15.5. The molecule has 0 fully saturated rings. The number of imidazole rings is 1. The van der Waals surface area contributed by atoms with Gasteiger partial charge in [-0.25, -0.2) is 9.78 Å². The second-order valence-corrected chi connectivity index (χ2v) is 4.66. The van der Waals surface area contributed by atoms with Gasteiger partial charge in [-0.15, -0.1) is 0 Å². The number of esters is 1. The van der Waals surface area contributed by atoms with Crippen LogP contribution in [0.2, 0.25) is 0 Å². The van der Waals surface area contributed by atoms with Gasteiger partial charge in [0.2, 0.25) is 0 Å². The predicted octanol–water partition coefficient (Wildman–Crippen LogP) is 2.41. The van der Waals surface area contributed by atoms with E-state index in [1.54, 1.807) is 53.2 Å². The molecule has 0 spiro atoms. The highest BCUT2D eigenvalue weighted by Gasteiger charge is 2.09. The maximum absolute atomic E-state index is 11.5. The molecule has 3 rings (SSSR count). The number of hydrogen-bond donors (Lipinski definition) is 1. The average molecular weight is 298 g/mol. The molecule has 1 aromatic carbocycles. The average Bonchev–Trinajstić information content (AvgIpc) is 2.95. The lowest BCUT2D eigenvalue weighted by atomic mass is 10.3. The molecule has 3 aromatic rings. The number of phenolic OH excluding ortho intramolecular Hbond substituents is 1. The molecule has 0 amide bonds. The molecule has 0 saturated heterocycles. The van der Waals surface area contributed by atoms with Gasteiger partial charge in [0.15, 0.2) is 11.5 Å². The number of benzene rings is 1. The standard InChI is InChI=1S/C16H14N2O4/c1-21-16(20)11-6-7-15-17-12(9-18(15)8-11)10-22-14-5-3-2-4-13(14)19/h2-9,19H,10H2,1H3. The van der Waals surface area contributed by atoms with Crippen LogP contribution >= 0.6 is 0 Å². The summed E-state index contributed by atoms with van der Waals surface area (Å²) < 4.78 is 12.0. The van der Waals surface area contributed by atoms with Crippen LogP contribution in [0, 0.1) is 0 Å². The van der Waals surface area contributed by atoms with Gasteiger partial charge in [0.25, 0.3) is 0 Å². The fraction of sp³-hybridized carbons (Fsp3) is 0.125. The van der Waals surface area contributed by atoms with Gasteiger partial charge in [0, 0.05) is 12.4 Å². The van der Waals surface area contributed by atoms with Crippen molar-refractivity contribution in [2.45, 2.75) is 6.61 Å². The summed E-state index contributed by atoms with van der Waals surface area (Å²) in [7, 11) is 1.34. The van der Waals surface area contributed by atoms with Crippen molar-refractivity contribution in [1.82, 2.24) is 9.38 Å². The SMILES string of the molecule is COC(=O)c1ccc2nc(COc3ccccc3O)cn2c1. The fourth-order valence-electron chi connectivity index (χ4n) is 2.08. The van der Waals surface area contributed by atoms with Gasteiger partial charge in [0.05, 0.1) is 18.4 Å². The number of rotatable bonds is 4. The Morgan fingerprint density at radius 3 is 2.82 bits per heavy atom. The molecule has 0 aliphatic heterocycles. The molecule has 22 heavy (non-hydrogen) atoms. The first-order valence-electron chi connectivity index (χ1n) is 6.64. The quantitative estimate of drug-likeness (QED) is 0.749. The molecule has 0 atom stereocenters. The van der Waals surface area contributed by atoms with Crippen molar-refractivity contribution in [2.75, 3.05) is 7.11 Å². The van der Waals surface area contributed by atoms with Crippen LogP contribution in [0.4, 0.5) is 0 Å². The Hall–Kier alpha value is -3.02. The van der Waals surface area contributed by atoms with Gasteiger partial charge in [-0.3, -0.25) is 0 Å². The third-order valence-electron chi connectivity index (χ3n) is 3.16. The molecule has 2 heterocycles. The van der Waals surface area contributed by atoms with E-state index in [-0.39, 0.29) is 12.4 Å². The van der Waals surface area contributed by atoms with Crippen molar-refractivity contribution < 1.29 is 19.4 Å². The number of nitrogens with zero attached hydrogens (tertiary/aromatic N) is 2. The molecule has 6 heteroatoms. The van der Waals surface area contributed by atoms with E-state index < -0.39 is 5.97 Å². The van der Waals surface area contributed by atoms with Crippen LogP contribution in [0.15, 0.2) is 48.8 Å². The number of aromatic hydroxyl groups is 1. The molecule has 112 valence electrons. The highest BCUT2D eigenvalue weighted by molar-refractivity contribution is 5.89. The molecular weight excluding hydrogens is 284 g/mol. The topological polar surface area (TPSA) is 73.1 Å². The van der Waals surface area contributed by atoms with Crippen molar-refractivity contribution in [2.24, 2.45) is 0 Å². The molecule has 0 bridgehead atoms. The maximum Gasteiger partial charge on any atom is 0.339 e. The molecule has 0 radical (unpaired) electrons. The smallest absolute Gasteiger partial charge is 0.339 e. The van der Waals surface area contributed by atoms with Crippen LogP contribution in [0.3, 0.4) is 0 Å². The van der Waals surface area contributed by atoms with Gasteiger partial charge in [-0.2, -0.15) is 0 Å². The van der Waals surface area contributed by atoms with Crippen LogP contribution < -0.4 is 4.74 Å². The van der Waals surface area contributed by atoms with Crippen molar-refractivity contribution >= 4 is 11.6 Å². The molecular formula is C16H14N2O4. The minimum atomic E-state index is -0.400. The van der Waals surface area contributed by atoms with Gasteiger partial charge >= 0.3 is 5.97 Å². The number of fused-ring (bicyclic) bond motifs is 1. The summed E-state index contributed by atoms with van der Waals surface area (Å²) in [5.41, 5.74) is 1.83.